The van der Waals surface area contributed by atoms with Crippen molar-refractivity contribution < 1.29 is 22.3 Å². The highest BCUT2D eigenvalue weighted by Gasteiger charge is 2.32. The SMILES string of the molecule is CCCCCCCC/C=C\CCCCCCCCOC(C)N1CCN(c2cn(-c3ccc(F)cc3)c3ccc(C(F)(F)F)cc23)CC1. The van der Waals surface area contributed by atoms with E-state index >= 15 is 0 Å². The molecular weight excluding hydrogens is 602 g/mol. The molecule has 1 aliphatic heterocycles. The fourth-order valence-corrected chi connectivity index (χ4v) is 6.49. The minimum Gasteiger partial charge on any atom is -0.367 e. The van der Waals surface area contributed by atoms with Gasteiger partial charge >= 0.3 is 6.18 Å². The van der Waals surface area contributed by atoms with Crippen LogP contribution in [0.2, 0.25) is 0 Å². The largest absolute Gasteiger partial charge is 0.416 e. The lowest BCUT2D eigenvalue weighted by atomic mass is 10.1. The van der Waals surface area contributed by atoms with Crippen molar-refractivity contribution in [2.24, 2.45) is 0 Å². The van der Waals surface area contributed by atoms with Crippen molar-refractivity contribution >= 4 is 16.6 Å². The molecule has 0 bridgehead atoms. The molecule has 0 saturated carbocycles. The van der Waals surface area contributed by atoms with Crippen LogP contribution in [0.1, 0.15) is 109 Å². The maximum atomic E-state index is 13.6. The summed E-state index contributed by atoms with van der Waals surface area (Å²) in [5.74, 6) is -0.357. The zero-order valence-electron chi connectivity index (χ0n) is 28.5. The van der Waals surface area contributed by atoms with Gasteiger partial charge in [0.05, 0.1) is 16.8 Å². The molecule has 1 aromatic heterocycles. The Hall–Kier alpha value is -2.84. The van der Waals surface area contributed by atoms with Crippen LogP contribution in [0.15, 0.2) is 60.8 Å². The summed E-state index contributed by atoms with van der Waals surface area (Å²) in [5.41, 5.74) is 1.45. The maximum Gasteiger partial charge on any atom is 0.416 e. The molecule has 1 saturated heterocycles. The van der Waals surface area contributed by atoms with Crippen LogP contribution in [-0.2, 0) is 10.9 Å². The van der Waals surface area contributed by atoms with Crippen molar-refractivity contribution in [1.29, 1.82) is 0 Å². The number of benzene rings is 2. The van der Waals surface area contributed by atoms with Gasteiger partial charge in [0.2, 0.25) is 0 Å². The van der Waals surface area contributed by atoms with Gasteiger partial charge in [-0.15, -0.1) is 0 Å². The summed E-state index contributed by atoms with van der Waals surface area (Å²) in [6, 6.07) is 9.87. The van der Waals surface area contributed by atoms with Gasteiger partial charge in [0, 0.05) is 50.1 Å². The number of halogens is 4. The number of anilines is 1. The first-order valence-corrected chi connectivity index (χ1v) is 18.0. The molecule has 4 nitrogen and oxygen atoms in total. The molecule has 0 N–H and O–H groups in total. The lowest BCUT2D eigenvalue weighted by Crippen LogP contribution is -2.50. The minimum absolute atomic E-state index is 0.00216. The summed E-state index contributed by atoms with van der Waals surface area (Å²) in [7, 11) is 0. The number of alkyl halides is 3. The van der Waals surface area contributed by atoms with Crippen LogP contribution in [0.3, 0.4) is 0 Å². The normalized spacial score (nSPS) is 15.3. The lowest BCUT2D eigenvalue weighted by Gasteiger charge is -2.38. The Labute approximate surface area is 279 Å². The number of hydrogen-bond donors (Lipinski definition) is 0. The van der Waals surface area contributed by atoms with Crippen LogP contribution in [-0.4, -0.2) is 48.5 Å². The Morgan fingerprint density at radius 1 is 0.766 bits per heavy atom. The predicted molar refractivity (Wildman–Crippen MR) is 187 cm³/mol. The van der Waals surface area contributed by atoms with Gasteiger partial charge < -0.3 is 14.2 Å². The molecule has 1 fully saturated rings. The number of hydrogen-bond acceptors (Lipinski definition) is 3. The van der Waals surface area contributed by atoms with Gasteiger partial charge in [-0.2, -0.15) is 13.2 Å². The third kappa shape index (κ3) is 11.7. The molecule has 2 aromatic carbocycles. The van der Waals surface area contributed by atoms with Crippen molar-refractivity contribution in [3.05, 3.63) is 72.2 Å². The Balaban J connectivity index is 1.15. The highest BCUT2D eigenvalue weighted by molar-refractivity contribution is 5.95. The van der Waals surface area contributed by atoms with Gasteiger partial charge in [-0.3, -0.25) is 4.90 Å². The van der Waals surface area contributed by atoms with E-state index in [0.717, 1.165) is 37.9 Å². The van der Waals surface area contributed by atoms with Crippen LogP contribution in [0, 0.1) is 5.82 Å². The average Bonchev–Trinajstić information content (AvgIpc) is 3.45. The molecular formula is C39H55F4N3O. The number of ether oxygens (including phenoxy) is 1. The van der Waals surface area contributed by atoms with E-state index in [0.29, 0.717) is 29.7 Å². The summed E-state index contributed by atoms with van der Waals surface area (Å²) in [6.07, 6.45) is 20.2. The van der Waals surface area contributed by atoms with Crippen LogP contribution >= 0.6 is 0 Å². The van der Waals surface area contributed by atoms with E-state index < -0.39 is 11.7 Å². The van der Waals surface area contributed by atoms with Gasteiger partial charge in [0.1, 0.15) is 12.0 Å². The first kappa shape index (κ1) is 37.0. The first-order chi connectivity index (χ1) is 22.8. The van der Waals surface area contributed by atoms with Crippen molar-refractivity contribution in [1.82, 2.24) is 9.47 Å². The number of fused-ring (bicyclic) bond motifs is 1. The molecule has 260 valence electrons. The lowest BCUT2D eigenvalue weighted by molar-refractivity contribution is -0.137. The summed E-state index contributed by atoms with van der Waals surface area (Å²) in [6.45, 7) is 7.98. The second-order valence-electron chi connectivity index (χ2n) is 13.0. The molecule has 0 amide bonds. The molecule has 0 aliphatic carbocycles. The number of unbranched alkanes of at least 4 members (excludes halogenated alkanes) is 12. The van der Waals surface area contributed by atoms with E-state index in [1.165, 1.54) is 108 Å². The molecule has 2 heterocycles. The molecule has 1 unspecified atom stereocenters. The smallest absolute Gasteiger partial charge is 0.367 e. The Morgan fingerprint density at radius 3 is 1.98 bits per heavy atom. The second-order valence-corrected chi connectivity index (χ2v) is 13.0. The van der Waals surface area contributed by atoms with Crippen LogP contribution < -0.4 is 4.90 Å². The zero-order chi connectivity index (χ0) is 33.5. The first-order valence-electron chi connectivity index (χ1n) is 18.0. The number of aromatic nitrogens is 1. The average molecular weight is 658 g/mol. The molecule has 4 rings (SSSR count). The van der Waals surface area contributed by atoms with E-state index in [9.17, 15) is 17.6 Å². The highest BCUT2D eigenvalue weighted by Crippen LogP contribution is 2.37. The molecule has 0 spiro atoms. The summed E-state index contributed by atoms with van der Waals surface area (Å²) in [4.78, 5) is 4.45. The third-order valence-electron chi connectivity index (χ3n) is 9.40. The van der Waals surface area contributed by atoms with Crippen LogP contribution in [0.4, 0.5) is 23.2 Å². The Bertz CT molecular complexity index is 1340. The third-order valence-corrected chi connectivity index (χ3v) is 9.40. The van der Waals surface area contributed by atoms with E-state index in [1.54, 1.807) is 12.1 Å². The van der Waals surface area contributed by atoms with Gasteiger partial charge in [0.15, 0.2) is 0 Å². The van der Waals surface area contributed by atoms with Gasteiger partial charge in [-0.1, -0.05) is 76.9 Å². The van der Waals surface area contributed by atoms with Gasteiger partial charge in [-0.25, -0.2) is 4.39 Å². The van der Waals surface area contributed by atoms with Crippen molar-refractivity contribution in [2.45, 2.75) is 116 Å². The Kier molecular flexibility index (Phi) is 15.1. The standard InChI is InChI=1S/C39H55F4N3O/c1-3-4-5-6-7-8-9-10-11-12-13-14-15-16-17-18-29-47-32(2)44-25-27-45(28-26-44)38-31-46(35-22-20-34(40)21-23-35)37-24-19-33(30-36(37)38)39(41,42)43/h10-11,19-24,30-32H,3-9,12-18,25-29H2,1-2H3/b11-10-. The molecule has 1 aliphatic rings. The fraction of sp³-hybridized carbons (Fsp3) is 0.590. The quantitative estimate of drug-likeness (QED) is 0.0685. The molecule has 0 radical (unpaired) electrons. The number of allylic oxidation sites excluding steroid dienone is 2. The molecule has 3 aromatic rings. The van der Waals surface area contributed by atoms with E-state index in [-0.39, 0.29) is 12.0 Å². The topological polar surface area (TPSA) is 20.6 Å². The highest BCUT2D eigenvalue weighted by atomic mass is 19.4. The number of nitrogens with zero attached hydrogens (tertiary/aromatic N) is 3. The summed E-state index contributed by atoms with van der Waals surface area (Å²) in [5, 5.41) is 0.543. The minimum atomic E-state index is -4.43. The monoisotopic (exact) mass is 657 g/mol. The van der Waals surface area contributed by atoms with Crippen molar-refractivity contribution in [3.8, 4) is 5.69 Å². The maximum absolute atomic E-state index is 13.6. The summed E-state index contributed by atoms with van der Waals surface area (Å²) >= 11 is 0. The molecule has 8 heteroatoms. The molecule has 1 atom stereocenters. The van der Waals surface area contributed by atoms with Gasteiger partial charge in [-0.05, 0) is 81.5 Å². The van der Waals surface area contributed by atoms with E-state index in [4.69, 9.17) is 4.74 Å². The second kappa shape index (κ2) is 19.2. The van der Waals surface area contributed by atoms with Gasteiger partial charge in [0.25, 0.3) is 0 Å². The van der Waals surface area contributed by atoms with Crippen LogP contribution in [0.25, 0.3) is 16.6 Å². The van der Waals surface area contributed by atoms with E-state index in [2.05, 4.69) is 35.8 Å². The predicted octanol–water partition coefficient (Wildman–Crippen LogP) is 11.3. The Morgan fingerprint density at radius 2 is 1.36 bits per heavy atom. The van der Waals surface area contributed by atoms with Crippen LogP contribution in [0.5, 0.6) is 0 Å². The molecule has 47 heavy (non-hydrogen) atoms. The fourth-order valence-electron chi connectivity index (χ4n) is 6.49. The van der Waals surface area contributed by atoms with E-state index in [1.807, 2.05) is 10.8 Å². The number of rotatable bonds is 20. The van der Waals surface area contributed by atoms with Crippen molar-refractivity contribution in [2.75, 3.05) is 37.7 Å². The zero-order valence-corrected chi connectivity index (χ0v) is 28.5. The number of piperazine rings is 1. The van der Waals surface area contributed by atoms with Crippen molar-refractivity contribution in [3.63, 3.8) is 0 Å². The summed E-state index contributed by atoms with van der Waals surface area (Å²) < 4.78 is 62.5.